The number of amides is 1. The third-order valence-electron chi connectivity index (χ3n) is 3.64. The Morgan fingerprint density at radius 1 is 1.35 bits per heavy atom. The molecule has 0 aromatic carbocycles. The van der Waals surface area contributed by atoms with Gasteiger partial charge in [0.1, 0.15) is 5.82 Å². The summed E-state index contributed by atoms with van der Waals surface area (Å²) in [7, 11) is 1.81. The number of hydrogen-bond donors (Lipinski definition) is 2. The van der Waals surface area contributed by atoms with Crippen LogP contribution in [0.2, 0.25) is 0 Å². The van der Waals surface area contributed by atoms with E-state index in [0.29, 0.717) is 18.0 Å². The lowest BCUT2D eigenvalue weighted by atomic mass is 9.90. The summed E-state index contributed by atoms with van der Waals surface area (Å²) in [4.78, 5) is 16.8. The van der Waals surface area contributed by atoms with Gasteiger partial charge in [-0.1, -0.05) is 34.6 Å². The molecule has 0 saturated carbocycles. The lowest BCUT2D eigenvalue weighted by Gasteiger charge is -2.23. The highest BCUT2D eigenvalue weighted by molar-refractivity contribution is 5.95. The third-order valence-corrected chi connectivity index (χ3v) is 3.64. The quantitative estimate of drug-likeness (QED) is 0.837. The highest BCUT2D eigenvalue weighted by Crippen LogP contribution is 2.20. The molecule has 1 amide bonds. The van der Waals surface area contributed by atoms with E-state index in [1.54, 1.807) is 6.07 Å². The van der Waals surface area contributed by atoms with Crippen molar-refractivity contribution in [2.45, 2.75) is 47.0 Å². The van der Waals surface area contributed by atoms with Gasteiger partial charge in [-0.05, 0) is 29.9 Å². The molecule has 1 aromatic rings. The van der Waals surface area contributed by atoms with Crippen LogP contribution < -0.4 is 10.6 Å². The van der Waals surface area contributed by atoms with E-state index < -0.39 is 0 Å². The number of rotatable bonds is 6. The van der Waals surface area contributed by atoms with Crippen molar-refractivity contribution in [1.29, 1.82) is 0 Å². The Morgan fingerprint density at radius 3 is 2.50 bits per heavy atom. The van der Waals surface area contributed by atoms with Gasteiger partial charge < -0.3 is 10.6 Å². The predicted molar refractivity (Wildman–Crippen MR) is 84.3 cm³/mol. The predicted octanol–water partition coefficient (Wildman–Crippen LogP) is 3.41. The van der Waals surface area contributed by atoms with E-state index in [2.05, 4.69) is 50.2 Å². The zero-order valence-electron chi connectivity index (χ0n) is 13.5. The maximum absolute atomic E-state index is 12.3. The van der Waals surface area contributed by atoms with Crippen LogP contribution >= 0.6 is 0 Å². The van der Waals surface area contributed by atoms with Gasteiger partial charge in [0.15, 0.2) is 0 Å². The van der Waals surface area contributed by atoms with E-state index in [0.717, 1.165) is 17.9 Å². The Balaban J connectivity index is 2.89. The number of carbonyl (C=O) groups is 1. The summed E-state index contributed by atoms with van der Waals surface area (Å²) >= 11 is 0. The van der Waals surface area contributed by atoms with Crippen LogP contribution in [-0.2, 0) is 0 Å². The van der Waals surface area contributed by atoms with Crippen molar-refractivity contribution in [3.05, 3.63) is 23.4 Å². The summed E-state index contributed by atoms with van der Waals surface area (Å²) in [5, 5.41) is 6.02. The highest BCUT2D eigenvalue weighted by Gasteiger charge is 2.17. The average molecular weight is 277 g/mol. The molecule has 4 heteroatoms. The normalized spacial score (nSPS) is 11.6. The molecular weight excluding hydrogens is 250 g/mol. The smallest absolute Gasteiger partial charge is 0.251 e. The molecule has 0 saturated heterocycles. The van der Waals surface area contributed by atoms with E-state index in [-0.39, 0.29) is 11.3 Å². The van der Waals surface area contributed by atoms with Gasteiger partial charge in [-0.15, -0.1) is 0 Å². The van der Waals surface area contributed by atoms with Gasteiger partial charge in [0.25, 0.3) is 5.91 Å². The van der Waals surface area contributed by atoms with Gasteiger partial charge in [-0.3, -0.25) is 4.79 Å². The Labute approximate surface area is 122 Å². The van der Waals surface area contributed by atoms with E-state index in [4.69, 9.17) is 0 Å². The second kappa shape index (κ2) is 6.73. The fourth-order valence-electron chi connectivity index (χ4n) is 1.65. The van der Waals surface area contributed by atoms with Crippen LogP contribution in [0.4, 0.5) is 5.82 Å². The molecule has 2 N–H and O–H groups in total. The van der Waals surface area contributed by atoms with E-state index in [1.807, 2.05) is 13.1 Å². The number of hydrogen-bond acceptors (Lipinski definition) is 3. The monoisotopic (exact) mass is 277 g/mol. The molecule has 1 aromatic heterocycles. The van der Waals surface area contributed by atoms with Crippen molar-refractivity contribution in [2.24, 2.45) is 5.41 Å². The first-order chi connectivity index (χ1) is 9.29. The topological polar surface area (TPSA) is 54.0 Å². The molecule has 0 radical (unpaired) electrons. The molecule has 1 heterocycles. The average Bonchev–Trinajstić information content (AvgIpc) is 2.44. The molecule has 0 unspecified atom stereocenters. The van der Waals surface area contributed by atoms with Gasteiger partial charge >= 0.3 is 0 Å². The third kappa shape index (κ3) is 4.51. The minimum atomic E-state index is -0.0349. The first-order valence-electron chi connectivity index (χ1n) is 7.27. The number of nitrogens with zero attached hydrogens (tertiary/aromatic N) is 1. The molecule has 1 rings (SSSR count). The molecule has 112 valence electrons. The lowest BCUT2D eigenvalue weighted by molar-refractivity contribution is 0.0935. The van der Waals surface area contributed by atoms with E-state index >= 15 is 0 Å². The number of aromatic nitrogens is 1. The Morgan fingerprint density at radius 2 is 2.00 bits per heavy atom. The number of anilines is 1. The minimum Gasteiger partial charge on any atom is -0.373 e. The Kier molecular flexibility index (Phi) is 5.54. The fourth-order valence-corrected chi connectivity index (χ4v) is 1.65. The SMILES string of the molecule is CCC(C)(C)CNC(=O)c1cc(NC)nc(C(C)C)c1. The maximum Gasteiger partial charge on any atom is 0.251 e. The summed E-state index contributed by atoms with van der Waals surface area (Å²) in [5.41, 5.74) is 1.71. The summed E-state index contributed by atoms with van der Waals surface area (Å²) in [6, 6.07) is 3.67. The minimum absolute atomic E-state index is 0.0349. The van der Waals surface area contributed by atoms with Crippen molar-refractivity contribution in [3.63, 3.8) is 0 Å². The molecule has 0 bridgehead atoms. The number of pyridine rings is 1. The van der Waals surface area contributed by atoms with Crippen molar-refractivity contribution >= 4 is 11.7 Å². The molecule has 0 fully saturated rings. The van der Waals surface area contributed by atoms with Gasteiger partial charge in [0.2, 0.25) is 0 Å². The van der Waals surface area contributed by atoms with Crippen molar-refractivity contribution in [1.82, 2.24) is 10.3 Å². The zero-order valence-corrected chi connectivity index (χ0v) is 13.5. The lowest BCUT2D eigenvalue weighted by Crippen LogP contribution is -2.33. The van der Waals surface area contributed by atoms with Crippen LogP contribution in [0.1, 0.15) is 63.0 Å². The van der Waals surface area contributed by atoms with Crippen LogP contribution in [-0.4, -0.2) is 24.5 Å². The fraction of sp³-hybridized carbons (Fsp3) is 0.625. The first-order valence-corrected chi connectivity index (χ1v) is 7.27. The maximum atomic E-state index is 12.3. The van der Waals surface area contributed by atoms with Crippen molar-refractivity contribution < 1.29 is 4.79 Å². The molecule has 0 aliphatic rings. The molecule has 4 nitrogen and oxygen atoms in total. The number of nitrogens with one attached hydrogen (secondary N) is 2. The van der Waals surface area contributed by atoms with Gasteiger partial charge in [0, 0.05) is 24.8 Å². The molecule has 0 aliphatic carbocycles. The summed E-state index contributed by atoms with van der Waals surface area (Å²) < 4.78 is 0. The molecule has 0 atom stereocenters. The molecule has 0 spiro atoms. The van der Waals surface area contributed by atoms with E-state index in [9.17, 15) is 4.79 Å². The Bertz CT molecular complexity index is 467. The van der Waals surface area contributed by atoms with Gasteiger partial charge in [-0.2, -0.15) is 0 Å². The largest absolute Gasteiger partial charge is 0.373 e. The second-order valence-corrected chi connectivity index (χ2v) is 6.27. The number of carbonyl (C=O) groups excluding carboxylic acids is 1. The summed E-state index contributed by atoms with van der Waals surface area (Å²) in [5.74, 6) is 0.991. The zero-order chi connectivity index (χ0) is 15.3. The first kappa shape index (κ1) is 16.5. The van der Waals surface area contributed by atoms with Crippen LogP contribution in [0.25, 0.3) is 0 Å². The Hall–Kier alpha value is -1.58. The van der Waals surface area contributed by atoms with Gasteiger partial charge in [0.05, 0.1) is 0 Å². The molecule has 20 heavy (non-hydrogen) atoms. The van der Waals surface area contributed by atoms with Crippen LogP contribution in [0.5, 0.6) is 0 Å². The highest BCUT2D eigenvalue weighted by atomic mass is 16.1. The van der Waals surface area contributed by atoms with Crippen LogP contribution in [0.15, 0.2) is 12.1 Å². The summed E-state index contributed by atoms with van der Waals surface area (Å²) in [6.07, 6.45) is 1.03. The summed E-state index contributed by atoms with van der Waals surface area (Å²) in [6.45, 7) is 11.3. The molecule has 0 aliphatic heterocycles. The van der Waals surface area contributed by atoms with Crippen LogP contribution in [0.3, 0.4) is 0 Å². The second-order valence-electron chi connectivity index (χ2n) is 6.27. The van der Waals surface area contributed by atoms with E-state index in [1.165, 1.54) is 0 Å². The molecular formula is C16H27N3O. The van der Waals surface area contributed by atoms with Crippen molar-refractivity contribution in [2.75, 3.05) is 18.9 Å². The standard InChI is InChI=1S/C16H27N3O/c1-7-16(4,5)10-18-15(20)12-8-13(11(2)3)19-14(9-12)17-6/h8-9,11H,7,10H2,1-6H3,(H,17,19)(H,18,20). The van der Waals surface area contributed by atoms with Crippen LogP contribution in [0, 0.1) is 5.41 Å². The van der Waals surface area contributed by atoms with Crippen molar-refractivity contribution in [3.8, 4) is 0 Å². The van der Waals surface area contributed by atoms with Gasteiger partial charge in [-0.25, -0.2) is 4.98 Å².